The highest BCUT2D eigenvalue weighted by Gasteiger charge is 2.32. The van der Waals surface area contributed by atoms with Crippen molar-refractivity contribution in [2.24, 2.45) is 0 Å². The van der Waals surface area contributed by atoms with Gasteiger partial charge in [-0.3, -0.25) is 9.69 Å². The number of thiazole rings is 1. The minimum atomic E-state index is -0.139. The molecule has 1 aliphatic carbocycles. The molecule has 0 aliphatic heterocycles. The van der Waals surface area contributed by atoms with E-state index in [0.717, 1.165) is 10.2 Å². The van der Waals surface area contributed by atoms with Crippen molar-refractivity contribution in [3.05, 3.63) is 18.2 Å². The van der Waals surface area contributed by atoms with Gasteiger partial charge in [0, 0.05) is 11.7 Å². The number of fused-ring (bicyclic) bond motifs is 1. The number of carbonyl (C=O) groups excluding carboxylic acids is 1. The summed E-state index contributed by atoms with van der Waals surface area (Å²) in [6.45, 7) is 1.93. The van der Waals surface area contributed by atoms with Crippen molar-refractivity contribution in [3.63, 3.8) is 0 Å². The number of benzene rings is 1. The lowest BCUT2D eigenvalue weighted by Gasteiger charge is -2.22. The molecule has 1 aromatic carbocycles. The molecule has 5 nitrogen and oxygen atoms in total. The minimum absolute atomic E-state index is 0.00794. The quantitative estimate of drug-likeness (QED) is 0.848. The second-order valence-electron chi connectivity index (χ2n) is 5.31. The van der Waals surface area contributed by atoms with Crippen LogP contribution in [0.4, 0.5) is 10.8 Å². The summed E-state index contributed by atoms with van der Waals surface area (Å²) in [5, 5.41) is 3.53. The van der Waals surface area contributed by atoms with Gasteiger partial charge in [-0.1, -0.05) is 11.3 Å². The van der Waals surface area contributed by atoms with Crippen LogP contribution >= 0.6 is 11.3 Å². The van der Waals surface area contributed by atoms with E-state index in [-0.39, 0.29) is 11.9 Å². The van der Waals surface area contributed by atoms with E-state index in [1.165, 1.54) is 24.2 Å². The first-order chi connectivity index (χ1) is 9.54. The van der Waals surface area contributed by atoms with Gasteiger partial charge in [-0.2, -0.15) is 0 Å². The molecule has 20 heavy (non-hydrogen) atoms. The summed E-state index contributed by atoms with van der Waals surface area (Å²) in [7, 11) is 2.00. The lowest BCUT2D eigenvalue weighted by Crippen LogP contribution is -2.40. The number of hydrogen-bond acceptors (Lipinski definition) is 5. The summed E-state index contributed by atoms with van der Waals surface area (Å²) in [5.74, 6) is -0.00794. The summed E-state index contributed by atoms with van der Waals surface area (Å²) in [4.78, 5) is 18.8. The number of hydrogen-bond donors (Lipinski definition) is 2. The van der Waals surface area contributed by atoms with Crippen LogP contribution in [-0.4, -0.2) is 34.9 Å². The summed E-state index contributed by atoms with van der Waals surface area (Å²) >= 11 is 1.45. The fourth-order valence-corrected chi connectivity index (χ4v) is 3.10. The van der Waals surface area contributed by atoms with Crippen molar-refractivity contribution in [3.8, 4) is 0 Å². The van der Waals surface area contributed by atoms with Gasteiger partial charge in [0.15, 0.2) is 5.13 Å². The zero-order chi connectivity index (χ0) is 14.3. The lowest BCUT2D eigenvalue weighted by atomic mass is 10.3. The molecule has 1 fully saturated rings. The van der Waals surface area contributed by atoms with Crippen LogP contribution in [0, 0.1) is 0 Å². The number of rotatable bonds is 4. The Balaban J connectivity index is 1.73. The van der Waals surface area contributed by atoms with E-state index in [0.29, 0.717) is 16.9 Å². The predicted molar refractivity (Wildman–Crippen MR) is 82.9 cm³/mol. The Labute approximate surface area is 121 Å². The zero-order valence-corrected chi connectivity index (χ0v) is 12.4. The molecule has 0 saturated heterocycles. The highest BCUT2D eigenvalue weighted by atomic mass is 32.1. The topological polar surface area (TPSA) is 71.2 Å². The molecular weight excluding hydrogens is 272 g/mol. The van der Waals surface area contributed by atoms with Crippen molar-refractivity contribution >= 4 is 38.3 Å². The normalized spacial score (nSPS) is 16.6. The Kier molecular flexibility index (Phi) is 3.35. The number of nitrogens with one attached hydrogen (secondary N) is 1. The molecule has 3 rings (SSSR count). The maximum absolute atomic E-state index is 12.2. The first kappa shape index (κ1) is 13.3. The van der Waals surface area contributed by atoms with Crippen LogP contribution in [0.15, 0.2) is 18.2 Å². The largest absolute Gasteiger partial charge is 0.399 e. The smallest absolute Gasteiger partial charge is 0.243 e. The second kappa shape index (κ2) is 5.03. The van der Waals surface area contributed by atoms with Crippen LogP contribution in [0.25, 0.3) is 10.2 Å². The summed E-state index contributed by atoms with van der Waals surface area (Å²) in [6.07, 6.45) is 2.38. The van der Waals surface area contributed by atoms with E-state index in [4.69, 9.17) is 5.73 Å². The molecule has 2 aromatic rings. The van der Waals surface area contributed by atoms with Crippen LogP contribution in [0.2, 0.25) is 0 Å². The molecular formula is C14H18N4OS. The molecule has 106 valence electrons. The van der Waals surface area contributed by atoms with Crippen molar-refractivity contribution < 1.29 is 4.79 Å². The first-order valence-electron chi connectivity index (χ1n) is 6.73. The Hall–Kier alpha value is -1.66. The highest BCUT2D eigenvalue weighted by molar-refractivity contribution is 7.22. The van der Waals surface area contributed by atoms with Gasteiger partial charge in [-0.15, -0.1) is 0 Å². The molecule has 1 aliphatic rings. The number of likely N-dealkylation sites (N-methyl/N-ethyl adjacent to an activating group) is 1. The number of aromatic nitrogens is 1. The summed E-state index contributed by atoms with van der Waals surface area (Å²) in [5.41, 5.74) is 7.32. The Morgan fingerprint density at radius 1 is 1.55 bits per heavy atom. The van der Waals surface area contributed by atoms with Gasteiger partial charge < -0.3 is 11.1 Å². The van der Waals surface area contributed by atoms with E-state index >= 15 is 0 Å². The number of carbonyl (C=O) groups is 1. The number of nitrogens with zero attached hydrogens (tertiary/aromatic N) is 2. The second-order valence-corrected chi connectivity index (χ2v) is 6.34. The fraction of sp³-hybridized carbons (Fsp3) is 0.429. The van der Waals surface area contributed by atoms with E-state index < -0.39 is 0 Å². The molecule has 6 heteroatoms. The summed E-state index contributed by atoms with van der Waals surface area (Å²) < 4.78 is 0.989. The lowest BCUT2D eigenvalue weighted by molar-refractivity contribution is -0.120. The molecule has 0 radical (unpaired) electrons. The highest BCUT2D eigenvalue weighted by Crippen LogP contribution is 2.29. The van der Waals surface area contributed by atoms with E-state index in [1.807, 2.05) is 32.2 Å². The van der Waals surface area contributed by atoms with Crippen LogP contribution < -0.4 is 11.1 Å². The third kappa shape index (κ3) is 2.62. The summed E-state index contributed by atoms with van der Waals surface area (Å²) in [6, 6.07) is 5.99. The average Bonchev–Trinajstić information content (AvgIpc) is 3.18. The molecule has 1 amide bonds. The third-order valence-corrected chi connectivity index (χ3v) is 4.69. The number of amides is 1. The molecule has 1 aromatic heterocycles. The monoisotopic (exact) mass is 290 g/mol. The van der Waals surface area contributed by atoms with Gasteiger partial charge in [-0.05, 0) is 45.0 Å². The van der Waals surface area contributed by atoms with Crippen molar-refractivity contribution in [1.29, 1.82) is 0 Å². The van der Waals surface area contributed by atoms with Gasteiger partial charge in [-0.25, -0.2) is 4.98 Å². The maximum Gasteiger partial charge on any atom is 0.243 e. The zero-order valence-electron chi connectivity index (χ0n) is 11.6. The number of nitrogen functional groups attached to an aromatic ring is 1. The van der Waals surface area contributed by atoms with E-state index in [1.54, 1.807) is 0 Å². The van der Waals surface area contributed by atoms with Crippen LogP contribution in [0.3, 0.4) is 0 Å². The van der Waals surface area contributed by atoms with Gasteiger partial charge in [0.25, 0.3) is 0 Å². The standard InChI is InChI=1S/C14H18N4OS/c1-8(18(2)10-4-5-10)13(19)17-14-16-11-6-3-9(15)7-12(11)20-14/h3,6-8,10H,4-5,15H2,1-2H3,(H,16,17,19). The molecule has 0 spiro atoms. The SMILES string of the molecule is CC(C(=O)Nc1nc2ccc(N)cc2s1)N(C)C1CC1. The molecule has 1 atom stereocenters. The van der Waals surface area contributed by atoms with Gasteiger partial charge in [0.1, 0.15) is 0 Å². The number of nitrogens with two attached hydrogens (primary N) is 1. The van der Waals surface area contributed by atoms with Crippen molar-refractivity contribution in [1.82, 2.24) is 9.88 Å². The molecule has 3 N–H and O–H groups in total. The predicted octanol–water partition coefficient (Wildman–Crippen LogP) is 2.30. The maximum atomic E-state index is 12.2. The van der Waals surface area contributed by atoms with Gasteiger partial charge in [0.05, 0.1) is 16.3 Å². The van der Waals surface area contributed by atoms with E-state index in [2.05, 4.69) is 15.2 Å². The molecule has 1 heterocycles. The van der Waals surface area contributed by atoms with Crippen LogP contribution in [0.5, 0.6) is 0 Å². The van der Waals surface area contributed by atoms with Gasteiger partial charge in [0.2, 0.25) is 5.91 Å². The van der Waals surface area contributed by atoms with Gasteiger partial charge >= 0.3 is 0 Å². The molecule has 1 unspecified atom stereocenters. The van der Waals surface area contributed by atoms with E-state index in [9.17, 15) is 4.79 Å². The Bertz CT molecular complexity index is 650. The minimum Gasteiger partial charge on any atom is -0.399 e. The fourth-order valence-electron chi connectivity index (χ4n) is 2.19. The van der Waals surface area contributed by atoms with Crippen molar-refractivity contribution in [2.45, 2.75) is 31.8 Å². The van der Waals surface area contributed by atoms with Crippen LogP contribution in [-0.2, 0) is 4.79 Å². The first-order valence-corrected chi connectivity index (χ1v) is 7.55. The molecule has 0 bridgehead atoms. The van der Waals surface area contributed by atoms with Crippen molar-refractivity contribution in [2.75, 3.05) is 18.1 Å². The average molecular weight is 290 g/mol. The Morgan fingerprint density at radius 3 is 3.00 bits per heavy atom. The molecule has 1 saturated carbocycles. The third-order valence-electron chi connectivity index (χ3n) is 3.76. The Morgan fingerprint density at radius 2 is 2.30 bits per heavy atom. The van der Waals surface area contributed by atoms with Crippen LogP contribution in [0.1, 0.15) is 19.8 Å². The number of anilines is 2.